The molecule has 10 saturated carbocycles. The van der Waals surface area contributed by atoms with Gasteiger partial charge in [-0.1, -0.05) is 364 Å². The first-order chi connectivity index (χ1) is 48.6. The minimum atomic E-state index is 0.617. The number of hydrogen-bond donors (Lipinski definition) is 0. The molecule has 0 saturated heterocycles. The highest BCUT2D eigenvalue weighted by atomic mass is 14.4. The molecule has 9 atom stereocenters. The molecule has 0 heterocycles. The Morgan fingerprint density at radius 3 is 0.724 bits per heavy atom. The van der Waals surface area contributed by atoms with Gasteiger partial charge in [-0.15, -0.1) is 0 Å². The Morgan fingerprint density at radius 2 is 0.495 bits per heavy atom. The molecule has 0 radical (unpaired) electrons. The molecule has 9 unspecified atom stereocenters. The van der Waals surface area contributed by atoms with Crippen molar-refractivity contribution in [2.75, 3.05) is 0 Å². The first-order valence-electron chi connectivity index (χ1n) is 48.6. The first-order valence-corrected chi connectivity index (χ1v) is 48.6. The summed E-state index contributed by atoms with van der Waals surface area (Å²) in [5.74, 6) is 24.3. The van der Waals surface area contributed by atoms with Gasteiger partial charge >= 0.3 is 0 Å². The normalized spacial score (nSPS) is 31.7. The summed E-state index contributed by atoms with van der Waals surface area (Å²) in [5.41, 5.74) is 3.17. The maximum Gasteiger partial charge on any atom is -0.0323 e. The van der Waals surface area contributed by atoms with Gasteiger partial charge in [-0.2, -0.15) is 0 Å². The number of hydrogen-bond acceptors (Lipinski definition) is 0. The minimum Gasteiger partial charge on any atom is -0.0625 e. The summed E-state index contributed by atoms with van der Waals surface area (Å²) in [6.45, 7) is 83.5. The summed E-state index contributed by atoms with van der Waals surface area (Å²) >= 11 is 0. The van der Waals surface area contributed by atoms with E-state index in [0.717, 1.165) is 148 Å². The molecule has 10 aliphatic carbocycles. The molecule has 10 fully saturated rings. The highest BCUT2D eigenvalue weighted by molar-refractivity contribution is 4.87. The van der Waals surface area contributed by atoms with Gasteiger partial charge in [-0.3, -0.25) is 0 Å². The van der Waals surface area contributed by atoms with Crippen LogP contribution in [0.15, 0.2) is 0 Å². The second-order valence-electron chi connectivity index (χ2n) is 47.4. The molecule has 0 amide bonds. The molecule has 0 aliphatic heterocycles. The van der Waals surface area contributed by atoms with Gasteiger partial charge in [-0.05, 0) is 310 Å². The molecular weight excluding hydrogens is 1260 g/mol. The molecule has 0 bridgehead atoms. The standard InChI is InChI=1S/5C11H22.5C10H20/c2*1-9(2)10-5-7-11(3,4)8-6-10;2*1-9(2)10-6-5-7-11(3,4)8-10;1-9(2)10-7-5-6-8-11(10,3)4;2*1-8(2)10-6-4-9(3)5-7-10;2*1-8(2)10-6-4-5-9(3)7-10;1-8(2)10-7-5-4-6-9(10)3/h5*9-10H,5-8H2,1-4H3;5*8-10H,4-7H2,1-3H3. The topological polar surface area (TPSA) is 0 Å². The highest BCUT2D eigenvalue weighted by Crippen LogP contribution is 2.47. The molecule has 105 heavy (non-hydrogen) atoms. The van der Waals surface area contributed by atoms with Crippen LogP contribution in [0.1, 0.15) is 499 Å². The van der Waals surface area contributed by atoms with Gasteiger partial charge in [0, 0.05) is 0 Å². The molecular formula is C105H210. The van der Waals surface area contributed by atoms with Crippen LogP contribution in [0.25, 0.3) is 0 Å². The Kier molecular flexibility index (Phi) is 51.5. The SMILES string of the molecule is CC(C)C1CCC(C)(C)CC1.CC(C)C1CCC(C)(C)CC1.CC(C)C1CCCC(C)(C)C1.CC(C)C1CCCC(C)(C)C1.CC(C)C1CCCCC1(C)C.CC(C)C1CCCCC1C.CC1CCC(C(C)C)CC1.CC1CCC(C(C)C)CC1.CC1CCCC(C(C)C)C1.CC1CCCC(C(C)C)C1. The van der Waals surface area contributed by atoms with Crippen LogP contribution in [0.4, 0.5) is 0 Å². The monoisotopic (exact) mass is 1470 g/mol. The fourth-order valence-corrected chi connectivity index (χ4v) is 22.0. The van der Waals surface area contributed by atoms with Crippen molar-refractivity contribution >= 4 is 0 Å². The van der Waals surface area contributed by atoms with Crippen molar-refractivity contribution in [3.8, 4) is 0 Å². The fourth-order valence-electron chi connectivity index (χ4n) is 22.0. The van der Waals surface area contributed by atoms with E-state index in [0.29, 0.717) is 27.1 Å². The summed E-state index contributed by atoms with van der Waals surface area (Å²) in [5, 5.41) is 0. The van der Waals surface area contributed by atoms with E-state index >= 15 is 0 Å². The zero-order chi connectivity index (χ0) is 80.2. The fraction of sp³-hybridized carbons (Fsp3) is 1.00. The van der Waals surface area contributed by atoms with Crippen LogP contribution in [-0.2, 0) is 0 Å². The number of rotatable bonds is 10. The van der Waals surface area contributed by atoms with E-state index in [-0.39, 0.29) is 0 Å². The summed E-state index contributed by atoms with van der Waals surface area (Å²) in [6.07, 6.45) is 58.7. The second-order valence-corrected chi connectivity index (χ2v) is 47.4. The predicted octanol–water partition coefficient (Wildman–Crippen LogP) is 36.6. The molecule has 0 N–H and O–H groups in total. The van der Waals surface area contributed by atoms with Crippen molar-refractivity contribution in [1.82, 2.24) is 0 Å². The average Bonchev–Trinajstić information content (AvgIpc) is 0.850. The summed E-state index contributed by atoms with van der Waals surface area (Å²) in [4.78, 5) is 0. The Morgan fingerprint density at radius 1 is 0.200 bits per heavy atom. The average molecular weight is 1470 g/mol. The Hall–Kier alpha value is 0. The lowest BCUT2D eigenvalue weighted by atomic mass is 9.65. The predicted molar refractivity (Wildman–Crippen MR) is 483 cm³/mol. The minimum absolute atomic E-state index is 0.617. The molecule has 0 aromatic rings. The van der Waals surface area contributed by atoms with Crippen molar-refractivity contribution in [2.24, 2.45) is 175 Å². The third-order valence-electron chi connectivity index (χ3n) is 31.3. The van der Waals surface area contributed by atoms with Crippen LogP contribution in [0.5, 0.6) is 0 Å². The zero-order valence-electron chi connectivity index (χ0n) is 80.2. The van der Waals surface area contributed by atoms with Crippen molar-refractivity contribution in [3.05, 3.63) is 0 Å². The van der Waals surface area contributed by atoms with Gasteiger partial charge in [0.15, 0.2) is 0 Å². The van der Waals surface area contributed by atoms with Crippen molar-refractivity contribution in [2.45, 2.75) is 499 Å². The van der Waals surface area contributed by atoms with E-state index in [9.17, 15) is 0 Å². The smallest absolute Gasteiger partial charge is 0.0323 e. The Balaban J connectivity index is 0.000000583. The first kappa shape index (κ1) is 103. The molecule has 10 aliphatic rings. The van der Waals surface area contributed by atoms with Crippen LogP contribution < -0.4 is 0 Å². The van der Waals surface area contributed by atoms with Crippen molar-refractivity contribution < 1.29 is 0 Å². The third-order valence-corrected chi connectivity index (χ3v) is 31.3. The van der Waals surface area contributed by atoms with Crippen molar-refractivity contribution in [3.63, 3.8) is 0 Å². The van der Waals surface area contributed by atoms with Gasteiger partial charge in [0.05, 0.1) is 0 Å². The summed E-state index contributed by atoms with van der Waals surface area (Å²) < 4.78 is 0. The van der Waals surface area contributed by atoms with Crippen LogP contribution in [0.3, 0.4) is 0 Å². The summed E-state index contributed by atoms with van der Waals surface area (Å²) in [6, 6.07) is 0. The molecule has 0 heteroatoms. The molecule has 630 valence electrons. The quantitative estimate of drug-likeness (QED) is 0.205. The van der Waals surface area contributed by atoms with Crippen molar-refractivity contribution in [1.29, 1.82) is 0 Å². The van der Waals surface area contributed by atoms with Gasteiger partial charge < -0.3 is 0 Å². The van der Waals surface area contributed by atoms with Gasteiger partial charge in [0.2, 0.25) is 0 Å². The Bertz CT molecular complexity index is 1890. The zero-order valence-corrected chi connectivity index (χ0v) is 80.2. The molecule has 10 rings (SSSR count). The molecule has 0 aromatic heterocycles. The van der Waals surface area contributed by atoms with E-state index < -0.39 is 0 Å². The maximum absolute atomic E-state index is 2.44. The Labute approximate surface area is 670 Å². The van der Waals surface area contributed by atoms with E-state index in [1.54, 1.807) is 0 Å². The van der Waals surface area contributed by atoms with Crippen LogP contribution in [0, 0.1) is 175 Å². The van der Waals surface area contributed by atoms with Crippen LogP contribution in [-0.4, -0.2) is 0 Å². The lowest BCUT2D eigenvalue weighted by molar-refractivity contribution is 0.0958. The second kappa shape index (κ2) is 52.5. The van der Waals surface area contributed by atoms with Gasteiger partial charge in [0.1, 0.15) is 0 Å². The molecule has 0 spiro atoms. The van der Waals surface area contributed by atoms with E-state index in [1.165, 1.54) is 257 Å². The van der Waals surface area contributed by atoms with Crippen LogP contribution in [0.2, 0.25) is 0 Å². The van der Waals surface area contributed by atoms with E-state index in [4.69, 9.17) is 0 Å². The largest absolute Gasteiger partial charge is 0.0625 e. The van der Waals surface area contributed by atoms with Gasteiger partial charge in [0.25, 0.3) is 0 Å². The summed E-state index contributed by atoms with van der Waals surface area (Å²) in [7, 11) is 0. The van der Waals surface area contributed by atoms with Gasteiger partial charge in [-0.25, -0.2) is 0 Å². The molecule has 0 aromatic carbocycles. The van der Waals surface area contributed by atoms with E-state index in [1.807, 2.05) is 0 Å². The lowest BCUT2D eigenvalue weighted by Crippen LogP contribution is -2.31. The lowest BCUT2D eigenvalue weighted by Gasteiger charge is -2.41. The highest BCUT2D eigenvalue weighted by Gasteiger charge is 2.36. The maximum atomic E-state index is 2.44. The van der Waals surface area contributed by atoms with E-state index in [2.05, 4.69) is 242 Å². The third kappa shape index (κ3) is 46.2. The van der Waals surface area contributed by atoms with Crippen LogP contribution >= 0.6 is 0 Å². The molecule has 0 nitrogen and oxygen atoms in total.